The minimum atomic E-state index is -0.965. The van der Waals surface area contributed by atoms with Crippen molar-refractivity contribution < 1.29 is 19.7 Å². The van der Waals surface area contributed by atoms with E-state index < -0.39 is 5.97 Å². The Morgan fingerprint density at radius 2 is 1.84 bits per heavy atom. The van der Waals surface area contributed by atoms with Crippen molar-refractivity contribution in [1.29, 1.82) is 0 Å². The number of rotatable bonds is 4. The molecular formula is C15H14O4. The van der Waals surface area contributed by atoms with Crippen LogP contribution in [0.3, 0.4) is 0 Å². The van der Waals surface area contributed by atoms with Crippen LogP contribution in [-0.4, -0.2) is 16.2 Å². The van der Waals surface area contributed by atoms with E-state index in [1.54, 1.807) is 49.4 Å². The van der Waals surface area contributed by atoms with Crippen LogP contribution in [0.4, 0.5) is 0 Å². The van der Waals surface area contributed by atoms with Gasteiger partial charge in [0.15, 0.2) is 0 Å². The first-order valence-electron chi connectivity index (χ1n) is 5.81. The molecule has 0 unspecified atom stereocenters. The fourth-order valence-electron chi connectivity index (χ4n) is 1.76. The third-order valence-corrected chi connectivity index (χ3v) is 2.85. The zero-order chi connectivity index (χ0) is 13.8. The lowest BCUT2D eigenvalue weighted by Crippen LogP contribution is -2.03. The van der Waals surface area contributed by atoms with E-state index in [1.165, 1.54) is 0 Å². The lowest BCUT2D eigenvalue weighted by molar-refractivity contribution is 0.0695. The Morgan fingerprint density at radius 1 is 1.16 bits per heavy atom. The van der Waals surface area contributed by atoms with E-state index >= 15 is 0 Å². The second-order valence-electron chi connectivity index (χ2n) is 4.19. The van der Waals surface area contributed by atoms with E-state index in [2.05, 4.69) is 0 Å². The van der Waals surface area contributed by atoms with Crippen molar-refractivity contribution in [1.82, 2.24) is 0 Å². The average Bonchev–Trinajstić information content (AvgIpc) is 2.39. The number of hydrogen-bond donors (Lipinski definition) is 2. The van der Waals surface area contributed by atoms with E-state index in [0.29, 0.717) is 17.9 Å². The number of phenols is 1. The molecule has 0 aliphatic rings. The van der Waals surface area contributed by atoms with Gasteiger partial charge in [0, 0.05) is 5.56 Å². The summed E-state index contributed by atoms with van der Waals surface area (Å²) >= 11 is 0. The first-order chi connectivity index (χ1) is 9.08. The topological polar surface area (TPSA) is 66.8 Å². The van der Waals surface area contributed by atoms with Gasteiger partial charge >= 0.3 is 5.97 Å². The summed E-state index contributed by atoms with van der Waals surface area (Å²) in [6.07, 6.45) is 0. The molecule has 0 aliphatic carbocycles. The van der Waals surface area contributed by atoms with E-state index in [0.717, 1.165) is 5.56 Å². The van der Waals surface area contributed by atoms with E-state index in [9.17, 15) is 9.90 Å². The highest BCUT2D eigenvalue weighted by molar-refractivity contribution is 5.90. The monoisotopic (exact) mass is 258 g/mol. The van der Waals surface area contributed by atoms with Crippen LogP contribution in [0, 0.1) is 6.92 Å². The highest BCUT2D eigenvalue weighted by Gasteiger charge is 2.10. The SMILES string of the molecule is Cc1c(OCc2ccc(O)cc2)cccc1C(=O)O. The van der Waals surface area contributed by atoms with Gasteiger partial charge < -0.3 is 14.9 Å². The Kier molecular flexibility index (Phi) is 3.71. The smallest absolute Gasteiger partial charge is 0.336 e. The van der Waals surface area contributed by atoms with Crippen molar-refractivity contribution in [2.45, 2.75) is 13.5 Å². The standard InChI is InChI=1S/C15H14O4/c1-10-13(15(17)18)3-2-4-14(10)19-9-11-5-7-12(16)8-6-11/h2-8,16H,9H2,1H3,(H,17,18). The summed E-state index contributed by atoms with van der Waals surface area (Å²) in [6, 6.07) is 11.6. The first-order valence-corrected chi connectivity index (χ1v) is 5.81. The number of hydrogen-bond acceptors (Lipinski definition) is 3. The maximum Gasteiger partial charge on any atom is 0.336 e. The van der Waals surface area contributed by atoms with Gasteiger partial charge in [0.2, 0.25) is 0 Å². The molecule has 0 atom stereocenters. The van der Waals surface area contributed by atoms with Crippen LogP contribution in [-0.2, 0) is 6.61 Å². The maximum atomic E-state index is 11.0. The van der Waals surface area contributed by atoms with Crippen LogP contribution >= 0.6 is 0 Å². The Balaban J connectivity index is 2.13. The molecule has 0 radical (unpaired) electrons. The summed E-state index contributed by atoms with van der Waals surface area (Å²) in [5.41, 5.74) is 1.75. The molecule has 0 saturated carbocycles. The van der Waals surface area contributed by atoms with E-state index in [1.807, 2.05) is 0 Å². The summed E-state index contributed by atoms with van der Waals surface area (Å²) in [6.45, 7) is 2.04. The lowest BCUT2D eigenvalue weighted by Gasteiger charge is -2.11. The van der Waals surface area contributed by atoms with E-state index in [-0.39, 0.29) is 11.3 Å². The minimum absolute atomic E-state index is 0.202. The third kappa shape index (κ3) is 3.04. The molecule has 19 heavy (non-hydrogen) atoms. The van der Waals surface area contributed by atoms with Crippen LogP contribution in [0.5, 0.6) is 11.5 Å². The quantitative estimate of drug-likeness (QED) is 0.884. The lowest BCUT2D eigenvalue weighted by atomic mass is 10.1. The molecule has 2 aromatic carbocycles. The summed E-state index contributed by atoms with van der Waals surface area (Å²) in [5.74, 6) is -0.214. The Bertz CT molecular complexity index is 588. The van der Waals surface area contributed by atoms with Crippen molar-refractivity contribution in [3.63, 3.8) is 0 Å². The van der Waals surface area contributed by atoms with Crippen molar-refractivity contribution in [2.75, 3.05) is 0 Å². The summed E-state index contributed by atoms with van der Waals surface area (Å²) < 4.78 is 5.61. The number of phenolic OH excluding ortho intramolecular Hbond substituents is 1. The van der Waals surface area contributed by atoms with Crippen LogP contribution in [0.15, 0.2) is 42.5 Å². The number of ether oxygens (including phenoxy) is 1. The van der Waals surface area contributed by atoms with Gasteiger partial charge in [0.05, 0.1) is 5.56 Å². The molecule has 0 aliphatic heterocycles. The third-order valence-electron chi connectivity index (χ3n) is 2.85. The number of benzene rings is 2. The fraction of sp³-hybridized carbons (Fsp3) is 0.133. The molecule has 4 nitrogen and oxygen atoms in total. The van der Waals surface area contributed by atoms with E-state index in [4.69, 9.17) is 9.84 Å². The molecule has 0 bridgehead atoms. The van der Waals surface area contributed by atoms with Gasteiger partial charge in [-0.1, -0.05) is 18.2 Å². The molecule has 0 spiro atoms. The van der Waals surface area contributed by atoms with Gasteiger partial charge in [-0.25, -0.2) is 4.79 Å². The van der Waals surface area contributed by atoms with Crippen LogP contribution in [0.1, 0.15) is 21.5 Å². The maximum absolute atomic E-state index is 11.0. The molecule has 98 valence electrons. The van der Waals surface area contributed by atoms with Crippen molar-refractivity contribution in [3.05, 3.63) is 59.2 Å². The Morgan fingerprint density at radius 3 is 2.47 bits per heavy atom. The zero-order valence-electron chi connectivity index (χ0n) is 10.5. The predicted molar refractivity (Wildman–Crippen MR) is 70.6 cm³/mol. The minimum Gasteiger partial charge on any atom is -0.508 e. The van der Waals surface area contributed by atoms with Crippen molar-refractivity contribution in [3.8, 4) is 11.5 Å². The van der Waals surface area contributed by atoms with Crippen molar-refractivity contribution >= 4 is 5.97 Å². The number of carboxylic acid groups (broad SMARTS) is 1. The molecule has 0 saturated heterocycles. The Labute approximate surface area is 110 Å². The molecule has 4 heteroatoms. The van der Waals surface area contributed by atoms with Gasteiger partial charge in [-0.3, -0.25) is 0 Å². The van der Waals surface area contributed by atoms with Crippen LogP contribution in [0.2, 0.25) is 0 Å². The molecule has 2 rings (SSSR count). The summed E-state index contributed by atoms with van der Waals surface area (Å²) in [5, 5.41) is 18.2. The van der Waals surface area contributed by atoms with Gasteiger partial charge in [0.1, 0.15) is 18.1 Å². The van der Waals surface area contributed by atoms with Gasteiger partial charge in [0.25, 0.3) is 0 Å². The van der Waals surface area contributed by atoms with Crippen LogP contribution in [0.25, 0.3) is 0 Å². The highest BCUT2D eigenvalue weighted by atomic mass is 16.5. The summed E-state index contributed by atoms with van der Waals surface area (Å²) in [4.78, 5) is 11.0. The van der Waals surface area contributed by atoms with Gasteiger partial charge in [-0.05, 0) is 36.8 Å². The number of aromatic carboxylic acids is 1. The molecule has 2 aromatic rings. The largest absolute Gasteiger partial charge is 0.508 e. The molecule has 0 amide bonds. The average molecular weight is 258 g/mol. The number of aromatic hydroxyl groups is 1. The normalized spacial score (nSPS) is 10.2. The van der Waals surface area contributed by atoms with Crippen molar-refractivity contribution in [2.24, 2.45) is 0 Å². The number of carbonyl (C=O) groups is 1. The fourth-order valence-corrected chi connectivity index (χ4v) is 1.76. The number of carboxylic acids is 1. The highest BCUT2D eigenvalue weighted by Crippen LogP contribution is 2.22. The zero-order valence-corrected chi connectivity index (χ0v) is 10.5. The predicted octanol–water partition coefficient (Wildman–Crippen LogP) is 2.98. The molecule has 0 fully saturated rings. The molecule has 0 heterocycles. The second-order valence-corrected chi connectivity index (χ2v) is 4.19. The van der Waals surface area contributed by atoms with Gasteiger partial charge in [-0.15, -0.1) is 0 Å². The molecule has 2 N–H and O–H groups in total. The Hall–Kier alpha value is -2.49. The molecular weight excluding hydrogens is 244 g/mol. The molecule has 0 aromatic heterocycles. The second kappa shape index (κ2) is 5.44. The van der Waals surface area contributed by atoms with Gasteiger partial charge in [-0.2, -0.15) is 0 Å². The van der Waals surface area contributed by atoms with Crippen LogP contribution < -0.4 is 4.74 Å². The first kappa shape index (κ1) is 13.0. The summed E-state index contributed by atoms with van der Waals surface area (Å²) in [7, 11) is 0.